The normalized spacial score (nSPS) is 23.4. The van der Waals surface area contributed by atoms with Gasteiger partial charge in [0.25, 0.3) is 11.8 Å². The van der Waals surface area contributed by atoms with E-state index in [0.717, 1.165) is 36.1 Å². The quantitative estimate of drug-likeness (QED) is 0.716. The van der Waals surface area contributed by atoms with E-state index < -0.39 is 21.4 Å². The maximum Gasteiger partial charge on any atom is 0.325 e. The van der Waals surface area contributed by atoms with Crippen molar-refractivity contribution in [2.75, 3.05) is 11.5 Å². The molecule has 0 atom stereocenters. The van der Waals surface area contributed by atoms with Crippen LogP contribution in [0.25, 0.3) is 0 Å². The van der Waals surface area contributed by atoms with E-state index in [4.69, 9.17) is 0 Å². The molecule has 156 valence electrons. The smallest absolute Gasteiger partial charge is 0.325 e. The van der Waals surface area contributed by atoms with Crippen LogP contribution in [0.5, 0.6) is 0 Å². The van der Waals surface area contributed by atoms with Crippen molar-refractivity contribution in [1.82, 2.24) is 15.5 Å². The summed E-state index contributed by atoms with van der Waals surface area (Å²) >= 11 is 0. The Morgan fingerprint density at radius 3 is 2.34 bits per heavy atom. The van der Waals surface area contributed by atoms with Crippen LogP contribution in [-0.4, -0.2) is 54.2 Å². The minimum atomic E-state index is -3.15. The van der Waals surface area contributed by atoms with Crippen molar-refractivity contribution in [3.8, 4) is 0 Å². The molecule has 1 aliphatic carbocycles. The number of carbonyl (C=O) groups is 3. The first-order chi connectivity index (χ1) is 13.8. The number of nitrogens with zero attached hydrogens (tertiary/aromatic N) is 1. The van der Waals surface area contributed by atoms with Gasteiger partial charge in [0, 0.05) is 11.6 Å². The Kier molecular flexibility index (Phi) is 5.10. The molecule has 2 saturated heterocycles. The van der Waals surface area contributed by atoms with E-state index >= 15 is 0 Å². The van der Waals surface area contributed by atoms with Crippen LogP contribution in [0.4, 0.5) is 4.79 Å². The fraction of sp³-hybridized carbons (Fsp3) is 0.550. The van der Waals surface area contributed by atoms with Crippen LogP contribution in [0.1, 0.15) is 54.4 Å². The van der Waals surface area contributed by atoms with Crippen LogP contribution in [0.15, 0.2) is 24.3 Å². The molecule has 4 rings (SSSR count). The highest BCUT2D eigenvalue weighted by atomic mass is 32.2. The molecule has 4 amide bonds. The van der Waals surface area contributed by atoms with Crippen molar-refractivity contribution < 1.29 is 22.8 Å². The first-order valence-electron chi connectivity index (χ1n) is 10.0. The summed E-state index contributed by atoms with van der Waals surface area (Å²) < 4.78 is 23.4. The molecule has 0 unspecified atom stereocenters. The standard InChI is InChI=1S/C20H25N3O5S/c24-17(21-16-3-1-2-4-16)15-7-5-14(6-8-15)13-23-18(25)20(22-19(23)26)9-11-29(27,28)12-10-20/h5-8,16H,1-4,9-13H2,(H,21,24)(H,22,26). The molecule has 1 spiro atoms. The lowest BCUT2D eigenvalue weighted by molar-refractivity contribution is -0.132. The van der Waals surface area contributed by atoms with Crippen LogP contribution in [0.2, 0.25) is 0 Å². The van der Waals surface area contributed by atoms with Crippen molar-refractivity contribution in [3.05, 3.63) is 35.4 Å². The van der Waals surface area contributed by atoms with E-state index in [1.165, 1.54) is 0 Å². The lowest BCUT2D eigenvalue weighted by Gasteiger charge is -2.30. The van der Waals surface area contributed by atoms with E-state index in [1.54, 1.807) is 24.3 Å². The first kappa shape index (κ1) is 19.9. The summed E-state index contributed by atoms with van der Waals surface area (Å²) in [5.41, 5.74) is 0.168. The third kappa shape index (κ3) is 4.01. The van der Waals surface area contributed by atoms with Gasteiger partial charge in [0.1, 0.15) is 5.54 Å². The number of imide groups is 1. The number of benzene rings is 1. The lowest BCUT2D eigenvalue weighted by Crippen LogP contribution is -2.52. The van der Waals surface area contributed by atoms with Gasteiger partial charge in [-0.15, -0.1) is 0 Å². The van der Waals surface area contributed by atoms with Crippen LogP contribution in [0.3, 0.4) is 0 Å². The summed E-state index contributed by atoms with van der Waals surface area (Å²) in [6.45, 7) is 0.0870. The van der Waals surface area contributed by atoms with Gasteiger partial charge >= 0.3 is 6.03 Å². The molecule has 0 bridgehead atoms. The number of urea groups is 1. The first-order valence-corrected chi connectivity index (χ1v) is 11.8. The van der Waals surface area contributed by atoms with Gasteiger partial charge in [0.2, 0.25) is 0 Å². The van der Waals surface area contributed by atoms with Crippen molar-refractivity contribution in [3.63, 3.8) is 0 Å². The molecule has 1 saturated carbocycles. The highest BCUT2D eigenvalue weighted by molar-refractivity contribution is 7.91. The Labute approximate surface area is 169 Å². The number of sulfone groups is 1. The molecular weight excluding hydrogens is 394 g/mol. The van der Waals surface area contributed by atoms with Gasteiger partial charge in [-0.1, -0.05) is 25.0 Å². The minimum Gasteiger partial charge on any atom is -0.349 e. The molecule has 1 aromatic rings. The zero-order valence-electron chi connectivity index (χ0n) is 16.1. The van der Waals surface area contributed by atoms with Gasteiger partial charge in [-0.2, -0.15) is 0 Å². The fourth-order valence-electron chi connectivity index (χ4n) is 4.33. The molecule has 3 fully saturated rings. The zero-order chi connectivity index (χ0) is 20.6. The topological polar surface area (TPSA) is 113 Å². The molecule has 0 radical (unpaired) electrons. The number of nitrogens with one attached hydrogen (secondary N) is 2. The van der Waals surface area contributed by atoms with E-state index in [0.29, 0.717) is 5.56 Å². The largest absolute Gasteiger partial charge is 0.349 e. The predicted octanol–water partition coefficient (Wildman–Crippen LogP) is 1.36. The van der Waals surface area contributed by atoms with Gasteiger partial charge in [-0.05, 0) is 43.4 Å². The van der Waals surface area contributed by atoms with Gasteiger partial charge in [0.05, 0.1) is 18.1 Å². The molecule has 1 aromatic carbocycles. The Morgan fingerprint density at radius 2 is 1.72 bits per heavy atom. The second kappa shape index (κ2) is 7.44. The summed E-state index contributed by atoms with van der Waals surface area (Å²) in [5, 5.41) is 5.74. The third-order valence-electron chi connectivity index (χ3n) is 6.17. The van der Waals surface area contributed by atoms with Gasteiger partial charge < -0.3 is 10.6 Å². The Morgan fingerprint density at radius 1 is 1.10 bits per heavy atom. The minimum absolute atomic E-state index is 0.0870. The number of hydrogen-bond donors (Lipinski definition) is 2. The molecule has 2 N–H and O–H groups in total. The maximum atomic E-state index is 12.9. The molecule has 0 aromatic heterocycles. The van der Waals surface area contributed by atoms with E-state index in [1.807, 2.05) is 0 Å². The Bertz CT molecular complexity index is 921. The van der Waals surface area contributed by atoms with Crippen LogP contribution >= 0.6 is 0 Å². The number of hydrogen-bond acceptors (Lipinski definition) is 5. The van der Waals surface area contributed by atoms with E-state index in [2.05, 4.69) is 10.6 Å². The summed E-state index contributed by atoms with van der Waals surface area (Å²) in [5.74, 6) is -0.684. The van der Waals surface area contributed by atoms with Gasteiger partial charge in [-0.3, -0.25) is 14.5 Å². The summed E-state index contributed by atoms with van der Waals surface area (Å²) in [6, 6.07) is 6.60. The molecule has 2 heterocycles. The van der Waals surface area contributed by atoms with Gasteiger partial charge in [0.15, 0.2) is 9.84 Å². The third-order valence-corrected chi connectivity index (χ3v) is 7.83. The van der Waals surface area contributed by atoms with Crippen molar-refractivity contribution in [2.24, 2.45) is 0 Å². The zero-order valence-corrected chi connectivity index (χ0v) is 17.0. The van der Waals surface area contributed by atoms with E-state index in [-0.39, 0.29) is 48.7 Å². The Balaban J connectivity index is 1.40. The lowest BCUT2D eigenvalue weighted by atomic mass is 9.92. The molecule has 2 aliphatic heterocycles. The van der Waals surface area contributed by atoms with Crippen molar-refractivity contribution >= 4 is 27.7 Å². The average molecular weight is 420 g/mol. The summed E-state index contributed by atoms with van der Waals surface area (Å²) in [6.07, 6.45) is 4.53. The van der Waals surface area contributed by atoms with Crippen LogP contribution in [0, 0.1) is 0 Å². The molecule has 8 nitrogen and oxygen atoms in total. The highest BCUT2D eigenvalue weighted by Crippen LogP contribution is 2.31. The predicted molar refractivity (Wildman–Crippen MR) is 106 cm³/mol. The second-order valence-electron chi connectivity index (χ2n) is 8.21. The summed E-state index contributed by atoms with van der Waals surface area (Å²) in [7, 11) is -3.15. The highest BCUT2D eigenvalue weighted by Gasteiger charge is 2.53. The molecule has 29 heavy (non-hydrogen) atoms. The van der Waals surface area contributed by atoms with Crippen LogP contribution in [-0.2, 0) is 21.2 Å². The molecule has 9 heteroatoms. The van der Waals surface area contributed by atoms with Crippen molar-refractivity contribution in [1.29, 1.82) is 0 Å². The molecule has 3 aliphatic rings. The number of carbonyl (C=O) groups excluding carboxylic acids is 3. The average Bonchev–Trinajstić information content (AvgIpc) is 3.28. The second-order valence-corrected chi connectivity index (χ2v) is 10.5. The number of amides is 4. The van der Waals surface area contributed by atoms with E-state index in [9.17, 15) is 22.8 Å². The van der Waals surface area contributed by atoms with Crippen LogP contribution < -0.4 is 10.6 Å². The SMILES string of the molecule is O=C(NC1CCCC1)c1ccc(CN2C(=O)NC3(CCS(=O)(=O)CC3)C2=O)cc1. The Hall–Kier alpha value is -2.42. The van der Waals surface area contributed by atoms with Crippen molar-refractivity contribution in [2.45, 2.75) is 56.7 Å². The number of rotatable bonds is 4. The van der Waals surface area contributed by atoms with Gasteiger partial charge in [-0.25, -0.2) is 13.2 Å². The monoisotopic (exact) mass is 419 g/mol. The summed E-state index contributed by atoms with van der Waals surface area (Å²) in [4.78, 5) is 38.7. The fourth-order valence-corrected chi connectivity index (χ4v) is 5.85. The molecular formula is C20H25N3O5S. The maximum absolute atomic E-state index is 12.9.